The van der Waals surface area contributed by atoms with Crippen LogP contribution in [0, 0.1) is 0 Å². The second-order valence-electron chi connectivity index (χ2n) is 3.99. The van der Waals surface area contributed by atoms with Crippen LogP contribution in [-0.2, 0) is 14.3 Å². The van der Waals surface area contributed by atoms with E-state index in [1.807, 2.05) is 18.7 Å². The largest absolute Gasteiger partial charge is 0.468 e. The highest BCUT2D eigenvalue weighted by molar-refractivity contribution is 5.75. The Bertz CT molecular complexity index is 213. The van der Waals surface area contributed by atoms with Gasteiger partial charge in [-0.25, -0.2) is 0 Å². The van der Waals surface area contributed by atoms with Crippen molar-refractivity contribution in [2.45, 2.75) is 32.1 Å². The molecule has 1 aliphatic heterocycles. The van der Waals surface area contributed by atoms with Gasteiger partial charge in [0.1, 0.15) is 6.04 Å². The minimum absolute atomic E-state index is 0.132. The quantitative estimate of drug-likeness (QED) is 0.650. The normalized spacial score (nSPS) is 29.9. The molecule has 0 aromatic carbocycles. The molecule has 0 spiro atoms. The number of nitrogens with two attached hydrogens (primary N) is 1. The number of morpholine rings is 1. The fraction of sp³-hybridized carbons (Fsp3) is 0.900. The van der Waals surface area contributed by atoms with Gasteiger partial charge in [-0.2, -0.15) is 0 Å². The summed E-state index contributed by atoms with van der Waals surface area (Å²) in [5, 5.41) is 0. The highest BCUT2D eigenvalue weighted by atomic mass is 16.5. The fourth-order valence-electron chi connectivity index (χ4n) is 2.00. The molecule has 1 heterocycles. The van der Waals surface area contributed by atoms with E-state index < -0.39 is 0 Å². The molecule has 5 heteroatoms. The van der Waals surface area contributed by atoms with Crippen LogP contribution in [0.15, 0.2) is 0 Å². The third-order valence-electron chi connectivity index (χ3n) is 2.59. The number of hydrogen-bond acceptors (Lipinski definition) is 5. The molecule has 1 fully saturated rings. The maximum absolute atomic E-state index is 11.5. The van der Waals surface area contributed by atoms with Crippen molar-refractivity contribution < 1.29 is 14.3 Å². The van der Waals surface area contributed by atoms with E-state index in [-0.39, 0.29) is 30.8 Å². The smallest absolute Gasteiger partial charge is 0.324 e. The van der Waals surface area contributed by atoms with Gasteiger partial charge >= 0.3 is 5.97 Å². The predicted molar refractivity (Wildman–Crippen MR) is 56.4 cm³/mol. The Morgan fingerprint density at radius 1 is 1.53 bits per heavy atom. The Morgan fingerprint density at radius 2 is 2.07 bits per heavy atom. The lowest BCUT2D eigenvalue weighted by molar-refractivity contribution is -0.151. The molecule has 1 aliphatic rings. The van der Waals surface area contributed by atoms with Crippen LogP contribution in [0.25, 0.3) is 0 Å². The first-order valence-electron chi connectivity index (χ1n) is 5.25. The topological polar surface area (TPSA) is 64.8 Å². The van der Waals surface area contributed by atoms with Crippen LogP contribution in [0.4, 0.5) is 0 Å². The lowest BCUT2D eigenvalue weighted by atomic mass is 10.1. The number of hydrogen-bond donors (Lipinski definition) is 1. The first-order chi connectivity index (χ1) is 7.08. The molecule has 0 saturated carbocycles. The zero-order chi connectivity index (χ0) is 11.4. The Balaban J connectivity index is 2.63. The van der Waals surface area contributed by atoms with E-state index in [2.05, 4.69) is 0 Å². The summed E-state index contributed by atoms with van der Waals surface area (Å²) in [6, 6.07) is -0.344. The summed E-state index contributed by atoms with van der Waals surface area (Å²) < 4.78 is 10.3. The molecule has 0 aromatic rings. The number of rotatable bonds is 3. The van der Waals surface area contributed by atoms with E-state index in [0.29, 0.717) is 0 Å². The minimum Gasteiger partial charge on any atom is -0.468 e. The van der Waals surface area contributed by atoms with Crippen LogP contribution < -0.4 is 5.73 Å². The summed E-state index contributed by atoms with van der Waals surface area (Å²) >= 11 is 0. The van der Waals surface area contributed by atoms with Crippen molar-refractivity contribution in [3.63, 3.8) is 0 Å². The van der Waals surface area contributed by atoms with Gasteiger partial charge in [0.2, 0.25) is 0 Å². The van der Waals surface area contributed by atoms with Crippen LogP contribution in [0.5, 0.6) is 0 Å². The van der Waals surface area contributed by atoms with Gasteiger partial charge in [0.25, 0.3) is 0 Å². The first kappa shape index (κ1) is 12.4. The van der Waals surface area contributed by atoms with E-state index in [9.17, 15) is 4.79 Å². The average Bonchev–Trinajstić information content (AvgIpc) is 2.17. The van der Waals surface area contributed by atoms with E-state index in [1.165, 1.54) is 7.11 Å². The summed E-state index contributed by atoms with van der Waals surface area (Å²) in [7, 11) is 1.39. The molecule has 2 N–H and O–H groups in total. The number of carbonyl (C=O) groups is 1. The van der Waals surface area contributed by atoms with Gasteiger partial charge in [-0.05, 0) is 13.8 Å². The molecule has 0 amide bonds. The lowest BCUT2D eigenvalue weighted by Crippen LogP contribution is -2.55. The number of ether oxygens (including phenoxy) is 2. The minimum atomic E-state index is -0.344. The van der Waals surface area contributed by atoms with Crippen LogP contribution in [0.3, 0.4) is 0 Å². The lowest BCUT2D eigenvalue weighted by Gasteiger charge is -2.38. The summed E-state index contributed by atoms with van der Waals surface area (Å²) in [4.78, 5) is 13.5. The third kappa shape index (κ3) is 3.15. The maximum atomic E-state index is 11.5. The maximum Gasteiger partial charge on any atom is 0.324 e. The van der Waals surface area contributed by atoms with E-state index >= 15 is 0 Å². The van der Waals surface area contributed by atoms with Crippen molar-refractivity contribution in [1.82, 2.24) is 4.90 Å². The van der Waals surface area contributed by atoms with Crippen LogP contribution >= 0.6 is 0 Å². The summed E-state index contributed by atoms with van der Waals surface area (Å²) in [5.41, 5.74) is 5.59. The van der Waals surface area contributed by atoms with Gasteiger partial charge in [-0.15, -0.1) is 0 Å². The zero-order valence-electron chi connectivity index (χ0n) is 9.60. The van der Waals surface area contributed by atoms with E-state index in [0.717, 1.165) is 13.1 Å². The van der Waals surface area contributed by atoms with Crippen molar-refractivity contribution in [2.24, 2.45) is 5.73 Å². The Hall–Kier alpha value is -0.650. The molecule has 5 nitrogen and oxygen atoms in total. The fourth-order valence-corrected chi connectivity index (χ4v) is 2.00. The van der Waals surface area contributed by atoms with Gasteiger partial charge < -0.3 is 15.2 Å². The van der Waals surface area contributed by atoms with Gasteiger partial charge in [0, 0.05) is 19.6 Å². The average molecular weight is 216 g/mol. The molecule has 0 aliphatic carbocycles. The molecule has 3 unspecified atom stereocenters. The van der Waals surface area contributed by atoms with Crippen molar-refractivity contribution >= 4 is 5.97 Å². The molecule has 1 saturated heterocycles. The standard InChI is InChI=1S/C10H20N2O3/c1-7-5-12(6-8(2)15-7)9(4-11)10(13)14-3/h7-9H,4-6,11H2,1-3H3. The highest BCUT2D eigenvalue weighted by Crippen LogP contribution is 2.13. The number of nitrogens with zero attached hydrogens (tertiary/aromatic N) is 1. The van der Waals surface area contributed by atoms with Gasteiger partial charge in [-0.3, -0.25) is 9.69 Å². The monoisotopic (exact) mass is 216 g/mol. The van der Waals surface area contributed by atoms with Gasteiger partial charge in [0.05, 0.1) is 19.3 Å². The van der Waals surface area contributed by atoms with Crippen molar-refractivity contribution in [3.8, 4) is 0 Å². The highest BCUT2D eigenvalue weighted by Gasteiger charge is 2.31. The summed E-state index contributed by atoms with van der Waals surface area (Å²) in [6.07, 6.45) is 0.264. The van der Waals surface area contributed by atoms with Crippen molar-refractivity contribution in [3.05, 3.63) is 0 Å². The molecule has 0 radical (unpaired) electrons. The first-order valence-corrected chi connectivity index (χ1v) is 5.25. The van der Waals surface area contributed by atoms with Crippen molar-refractivity contribution in [1.29, 1.82) is 0 Å². The van der Waals surface area contributed by atoms with Gasteiger partial charge in [-0.1, -0.05) is 0 Å². The van der Waals surface area contributed by atoms with Crippen molar-refractivity contribution in [2.75, 3.05) is 26.7 Å². The molecule has 15 heavy (non-hydrogen) atoms. The second kappa shape index (κ2) is 5.44. The van der Waals surface area contributed by atoms with E-state index in [4.69, 9.17) is 15.2 Å². The molecule has 88 valence electrons. The molecular formula is C10H20N2O3. The molecule has 3 atom stereocenters. The summed E-state index contributed by atoms with van der Waals surface area (Å²) in [6.45, 7) is 5.72. The number of methoxy groups -OCH3 is 1. The Labute approximate surface area is 90.5 Å². The Morgan fingerprint density at radius 3 is 2.47 bits per heavy atom. The Kier molecular flexibility index (Phi) is 4.50. The SMILES string of the molecule is COC(=O)C(CN)N1CC(C)OC(C)C1. The molecule has 0 aromatic heterocycles. The third-order valence-corrected chi connectivity index (χ3v) is 2.59. The zero-order valence-corrected chi connectivity index (χ0v) is 9.60. The second-order valence-corrected chi connectivity index (χ2v) is 3.99. The van der Waals surface area contributed by atoms with Crippen LogP contribution in [0.2, 0.25) is 0 Å². The molecule has 0 bridgehead atoms. The number of carbonyl (C=O) groups excluding carboxylic acids is 1. The molecule has 1 rings (SSSR count). The van der Waals surface area contributed by atoms with Crippen LogP contribution in [0.1, 0.15) is 13.8 Å². The predicted octanol–water partition coefficient (Wildman–Crippen LogP) is -0.404. The summed E-state index contributed by atoms with van der Waals surface area (Å²) in [5.74, 6) is -0.265. The van der Waals surface area contributed by atoms with E-state index in [1.54, 1.807) is 0 Å². The van der Waals surface area contributed by atoms with Gasteiger partial charge in [0.15, 0.2) is 0 Å². The number of esters is 1. The molecular weight excluding hydrogens is 196 g/mol. The van der Waals surface area contributed by atoms with Crippen LogP contribution in [-0.4, -0.2) is 55.9 Å².